The monoisotopic (exact) mass is 640 g/mol. The largest absolute Gasteiger partial charge is 0.463 e. The number of thioether (sulfide) groups is 1. The summed E-state index contributed by atoms with van der Waals surface area (Å²) in [5.41, 5.74) is 6.90. The molecule has 0 bridgehead atoms. The van der Waals surface area contributed by atoms with Crippen LogP contribution in [0.3, 0.4) is 0 Å². The number of nitrogens with two attached hydrogens (primary N) is 1. The summed E-state index contributed by atoms with van der Waals surface area (Å²) >= 11 is 1.49. The van der Waals surface area contributed by atoms with E-state index in [0.717, 1.165) is 11.1 Å². The van der Waals surface area contributed by atoms with E-state index in [2.05, 4.69) is 16.0 Å². The predicted octanol–water partition coefficient (Wildman–Crippen LogP) is 3.41. The first-order valence-electron chi connectivity index (χ1n) is 14.9. The minimum Gasteiger partial charge on any atom is -0.463 e. The van der Waals surface area contributed by atoms with E-state index in [-0.39, 0.29) is 43.0 Å². The molecule has 0 aliphatic heterocycles. The molecule has 244 valence electrons. The van der Waals surface area contributed by atoms with E-state index >= 15 is 0 Å². The van der Waals surface area contributed by atoms with Gasteiger partial charge < -0.3 is 31.2 Å². The highest BCUT2D eigenvalue weighted by Gasteiger charge is 2.32. The molecule has 0 radical (unpaired) electrons. The maximum Gasteiger partial charge on any atom is 0.408 e. The van der Waals surface area contributed by atoms with E-state index in [1.54, 1.807) is 6.92 Å². The Bertz CT molecular complexity index is 1270. The second-order valence-electron chi connectivity index (χ2n) is 10.6. The second kappa shape index (κ2) is 19.9. The maximum atomic E-state index is 13.8. The molecule has 0 heterocycles. The third kappa shape index (κ3) is 14.8. The summed E-state index contributed by atoms with van der Waals surface area (Å²) in [5, 5.41) is 8.07. The molecule has 12 heteroatoms. The Hall–Kier alpha value is -4.32. The maximum absolute atomic E-state index is 13.8. The topological polar surface area (TPSA) is 166 Å². The molecule has 0 aliphatic rings. The van der Waals surface area contributed by atoms with Gasteiger partial charge in [-0.3, -0.25) is 14.4 Å². The van der Waals surface area contributed by atoms with Crippen molar-refractivity contribution < 1.29 is 33.4 Å². The van der Waals surface area contributed by atoms with Crippen LogP contribution >= 0.6 is 11.8 Å². The van der Waals surface area contributed by atoms with Gasteiger partial charge in [0.1, 0.15) is 18.7 Å². The Morgan fingerprint density at radius 2 is 1.47 bits per heavy atom. The Balaban J connectivity index is 2.27. The molecule has 4 amide bonds. The first-order chi connectivity index (χ1) is 21.5. The van der Waals surface area contributed by atoms with E-state index in [1.165, 1.54) is 23.9 Å². The van der Waals surface area contributed by atoms with Crippen molar-refractivity contribution in [2.75, 3.05) is 6.61 Å². The summed E-state index contributed by atoms with van der Waals surface area (Å²) in [6.45, 7) is 7.64. The molecule has 0 saturated heterocycles. The van der Waals surface area contributed by atoms with E-state index in [4.69, 9.17) is 15.2 Å². The molecular formula is C33H44N4O7S. The van der Waals surface area contributed by atoms with Crippen LogP contribution in [-0.4, -0.2) is 65.0 Å². The van der Waals surface area contributed by atoms with Crippen LogP contribution in [0.5, 0.6) is 0 Å². The van der Waals surface area contributed by atoms with Crippen LogP contribution < -0.4 is 21.7 Å². The summed E-state index contributed by atoms with van der Waals surface area (Å²) in [6, 6.07) is 15.4. The molecule has 4 atom stereocenters. The minimum atomic E-state index is -1.06. The lowest BCUT2D eigenvalue weighted by Crippen LogP contribution is -2.57. The lowest BCUT2D eigenvalue weighted by molar-refractivity contribution is -0.137. The summed E-state index contributed by atoms with van der Waals surface area (Å²) < 4.78 is 10.3. The molecule has 2 aromatic rings. The smallest absolute Gasteiger partial charge is 0.408 e. The highest BCUT2D eigenvalue weighted by atomic mass is 32.2. The number of esters is 1. The van der Waals surface area contributed by atoms with Gasteiger partial charge in [-0.1, -0.05) is 87.5 Å². The standard InChI is InChI=1S/C33H44N4O7S/c1-5-43-29(39)19-17-26(16-18-28(34)38)35-31(40)27(20-24-12-8-6-9-13-24)36-32(41)30(23(4)45-22(2)3)37-33(42)44-21-25-14-10-7-11-15-25/h6-15,17,19,22-23,26-27,30H,5,16,18,20-21H2,1-4H3,(H2,34,38)(H,35,40)(H,36,41)(H,37,42)/b19-17+/t23-,26+,27+,30+/m1/s1. The van der Waals surface area contributed by atoms with Crippen molar-refractivity contribution in [3.8, 4) is 0 Å². The lowest BCUT2D eigenvalue weighted by atomic mass is 10.0. The van der Waals surface area contributed by atoms with Crippen LogP contribution in [0, 0.1) is 0 Å². The number of benzene rings is 2. The van der Waals surface area contributed by atoms with Gasteiger partial charge in [0.05, 0.1) is 6.61 Å². The van der Waals surface area contributed by atoms with Gasteiger partial charge in [0.15, 0.2) is 0 Å². The molecule has 0 unspecified atom stereocenters. The highest BCUT2D eigenvalue weighted by molar-refractivity contribution is 8.00. The fourth-order valence-corrected chi connectivity index (χ4v) is 5.51. The zero-order chi connectivity index (χ0) is 33.2. The van der Waals surface area contributed by atoms with Crippen LogP contribution in [0.25, 0.3) is 0 Å². The Labute approximate surface area is 269 Å². The summed E-state index contributed by atoms with van der Waals surface area (Å²) in [5.74, 6) is -2.30. The fraction of sp³-hybridized carbons (Fsp3) is 0.424. The first kappa shape index (κ1) is 36.9. The van der Waals surface area contributed by atoms with Gasteiger partial charge in [-0.2, -0.15) is 11.8 Å². The Morgan fingerprint density at radius 3 is 2.04 bits per heavy atom. The molecule has 2 rings (SSSR count). The van der Waals surface area contributed by atoms with Crippen molar-refractivity contribution >= 4 is 41.5 Å². The third-order valence-corrected chi connectivity index (χ3v) is 7.67. The molecule has 5 N–H and O–H groups in total. The number of rotatable bonds is 18. The highest BCUT2D eigenvalue weighted by Crippen LogP contribution is 2.20. The number of hydrogen-bond donors (Lipinski definition) is 4. The third-order valence-electron chi connectivity index (χ3n) is 6.42. The molecule has 11 nitrogen and oxygen atoms in total. The van der Waals surface area contributed by atoms with Gasteiger partial charge in [-0.05, 0) is 29.7 Å². The summed E-state index contributed by atoms with van der Waals surface area (Å²) in [7, 11) is 0. The van der Waals surface area contributed by atoms with Gasteiger partial charge in [-0.25, -0.2) is 9.59 Å². The van der Waals surface area contributed by atoms with Crippen molar-refractivity contribution in [2.24, 2.45) is 5.73 Å². The van der Waals surface area contributed by atoms with E-state index in [9.17, 15) is 24.0 Å². The number of carbonyl (C=O) groups excluding carboxylic acids is 5. The number of primary amides is 1. The molecule has 0 fully saturated rings. The zero-order valence-electron chi connectivity index (χ0n) is 26.2. The number of hydrogen-bond acceptors (Lipinski definition) is 8. The fourth-order valence-electron chi connectivity index (χ4n) is 4.30. The first-order valence-corrected chi connectivity index (χ1v) is 15.8. The SMILES string of the molecule is CCOC(=O)/C=C/[C@H](CCC(N)=O)NC(=O)[C@H](Cc1ccccc1)NC(=O)[C@@H](NC(=O)OCc1ccccc1)[C@@H](C)SC(C)C. The predicted molar refractivity (Wildman–Crippen MR) is 174 cm³/mol. The van der Waals surface area contributed by atoms with Gasteiger partial charge in [-0.15, -0.1) is 0 Å². The minimum absolute atomic E-state index is 0.0256. The number of alkyl carbamates (subject to hydrolysis) is 1. The average Bonchev–Trinajstić information content (AvgIpc) is 3.00. The van der Waals surface area contributed by atoms with Gasteiger partial charge in [0, 0.05) is 30.2 Å². The van der Waals surface area contributed by atoms with Crippen molar-refractivity contribution in [1.29, 1.82) is 0 Å². The van der Waals surface area contributed by atoms with Crippen molar-refractivity contribution in [3.63, 3.8) is 0 Å². The van der Waals surface area contributed by atoms with E-state index in [1.807, 2.05) is 81.4 Å². The number of ether oxygens (including phenoxy) is 2. The van der Waals surface area contributed by atoms with Gasteiger partial charge in [0.2, 0.25) is 17.7 Å². The van der Waals surface area contributed by atoms with Crippen LogP contribution in [-0.2, 0) is 41.7 Å². The number of nitrogens with one attached hydrogen (secondary N) is 3. The second-order valence-corrected chi connectivity index (χ2v) is 12.5. The van der Waals surface area contributed by atoms with Crippen molar-refractivity contribution in [2.45, 2.75) is 82.2 Å². The zero-order valence-corrected chi connectivity index (χ0v) is 27.0. The molecule has 0 aromatic heterocycles. The van der Waals surface area contributed by atoms with Crippen LogP contribution in [0.2, 0.25) is 0 Å². The van der Waals surface area contributed by atoms with Crippen LogP contribution in [0.1, 0.15) is 51.7 Å². The van der Waals surface area contributed by atoms with E-state index < -0.39 is 47.9 Å². The molecule has 0 spiro atoms. The molecule has 0 aliphatic carbocycles. The van der Waals surface area contributed by atoms with E-state index in [0.29, 0.717) is 0 Å². The number of amides is 4. The molecule has 0 saturated carbocycles. The lowest BCUT2D eigenvalue weighted by Gasteiger charge is -2.28. The summed E-state index contributed by atoms with van der Waals surface area (Å²) in [4.78, 5) is 63.6. The summed E-state index contributed by atoms with van der Waals surface area (Å²) in [6.07, 6.45) is 2.05. The molecular weight excluding hydrogens is 596 g/mol. The number of carbonyl (C=O) groups is 5. The van der Waals surface area contributed by atoms with Crippen LogP contribution in [0.15, 0.2) is 72.8 Å². The molecule has 45 heavy (non-hydrogen) atoms. The van der Waals surface area contributed by atoms with Crippen molar-refractivity contribution in [3.05, 3.63) is 83.9 Å². The average molecular weight is 641 g/mol. The van der Waals surface area contributed by atoms with Crippen molar-refractivity contribution in [1.82, 2.24) is 16.0 Å². The Morgan fingerprint density at radius 1 is 0.844 bits per heavy atom. The van der Waals surface area contributed by atoms with Gasteiger partial charge in [0.25, 0.3) is 0 Å². The van der Waals surface area contributed by atoms with Crippen LogP contribution in [0.4, 0.5) is 4.79 Å². The quantitative estimate of drug-likeness (QED) is 0.142. The molecule has 2 aromatic carbocycles. The van der Waals surface area contributed by atoms with Gasteiger partial charge >= 0.3 is 12.1 Å². The normalized spacial score (nSPS) is 13.7. The Kier molecular flexibility index (Phi) is 16.3.